The Hall–Kier alpha value is -1.88. The average Bonchev–Trinajstić information content (AvgIpc) is 2.45. The standard InChI is InChI=1S/C14H19N3O2/c15-16-13(18)7-3-4-10-17-12-6-2-1-5-11(12)8-9-14(17)19/h1-2,5-6H,3-4,7-10,15H2,(H,16,18). The third kappa shape index (κ3) is 3.32. The van der Waals surface area contributed by atoms with Crippen LogP contribution >= 0.6 is 0 Å². The summed E-state index contributed by atoms with van der Waals surface area (Å²) in [5, 5.41) is 0. The van der Waals surface area contributed by atoms with Crippen LogP contribution in [-0.4, -0.2) is 18.4 Å². The summed E-state index contributed by atoms with van der Waals surface area (Å²) >= 11 is 0. The van der Waals surface area contributed by atoms with Gasteiger partial charge in [0.2, 0.25) is 11.8 Å². The van der Waals surface area contributed by atoms with Gasteiger partial charge in [-0.2, -0.15) is 0 Å². The molecule has 2 rings (SSSR count). The minimum Gasteiger partial charge on any atom is -0.312 e. The van der Waals surface area contributed by atoms with Crippen LogP contribution in [-0.2, 0) is 16.0 Å². The molecule has 19 heavy (non-hydrogen) atoms. The van der Waals surface area contributed by atoms with Gasteiger partial charge in [-0.15, -0.1) is 0 Å². The number of hydrogen-bond acceptors (Lipinski definition) is 3. The SMILES string of the molecule is NNC(=O)CCCCN1C(=O)CCc2ccccc21. The molecule has 0 unspecified atom stereocenters. The molecule has 1 aromatic carbocycles. The Bertz CT molecular complexity index is 474. The van der Waals surface area contributed by atoms with Crippen LogP contribution in [0, 0.1) is 0 Å². The van der Waals surface area contributed by atoms with Gasteiger partial charge in [-0.3, -0.25) is 15.0 Å². The number of unbranched alkanes of at least 4 members (excludes halogenated alkanes) is 1. The number of carbonyl (C=O) groups is 2. The summed E-state index contributed by atoms with van der Waals surface area (Å²) in [6, 6.07) is 8.00. The van der Waals surface area contributed by atoms with Gasteiger partial charge in [-0.05, 0) is 30.9 Å². The lowest BCUT2D eigenvalue weighted by molar-refractivity contribution is -0.121. The molecule has 0 fully saturated rings. The highest BCUT2D eigenvalue weighted by molar-refractivity contribution is 5.96. The molecule has 3 N–H and O–H groups in total. The van der Waals surface area contributed by atoms with E-state index >= 15 is 0 Å². The molecule has 0 saturated carbocycles. The minimum atomic E-state index is -0.162. The molecule has 0 atom stereocenters. The van der Waals surface area contributed by atoms with E-state index in [1.165, 1.54) is 5.56 Å². The number of rotatable bonds is 5. The first-order valence-electron chi connectivity index (χ1n) is 6.60. The van der Waals surface area contributed by atoms with Crippen molar-refractivity contribution in [3.05, 3.63) is 29.8 Å². The number of anilines is 1. The molecule has 5 heteroatoms. The van der Waals surface area contributed by atoms with Crippen molar-refractivity contribution in [2.75, 3.05) is 11.4 Å². The second kappa shape index (κ2) is 6.33. The van der Waals surface area contributed by atoms with Crippen molar-refractivity contribution in [3.63, 3.8) is 0 Å². The van der Waals surface area contributed by atoms with Crippen molar-refractivity contribution < 1.29 is 9.59 Å². The number of nitrogens with two attached hydrogens (primary N) is 1. The number of para-hydroxylation sites is 1. The molecule has 1 aliphatic rings. The molecule has 1 heterocycles. The lowest BCUT2D eigenvalue weighted by Crippen LogP contribution is -2.36. The Balaban J connectivity index is 1.92. The highest BCUT2D eigenvalue weighted by Crippen LogP contribution is 2.27. The number of hydrazine groups is 1. The normalized spacial score (nSPS) is 14.2. The molecule has 0 bridgehead atoms. The van der Waals surface area contributed by atoms with Crippen LogP contribution in [0.3, 0.4) is 0 Å². The molecule has 5 nitrogen and oxygen atoms in total. The van der Waals surface area contributed by atoms with Crippen molar-refractivity contribution >= 4 is 17.5 Å². The Morgan fingerprint density at radius 1 is 1.26 bits per heavy atom. The topological polar surface area (TPSA) is 75.4 Å². The predicted molar refractivity (Wildman–Crippen MR) is 73.3 cm³/mol. The smallest absolute Gasteiger partial charge is 0.233 e. The summed E-state index contributed by atoms with van der Waals surface area (Å²) in [5.74, 6) is 5.03. The molecule has 0 aromatic heterocycles. The van der Waals surface area contributed by atoms with Gasteiger partial charge < -0.3 is 4.90 Å². The maximum atomic E-state index is 12.0. The summed E-state index contributed by atoms with van der Waals surface area (Å²) in [7, 11) is 0. The van der Waals surface area contributed by atoms with Crippen LogP contribution in [0.15, 0.2) is 24.3 Å². The highest BCUT2D eigenvalue weighted by atomic mass is 16.2. The van der Waals surface area contributed by atoms with E-state index in [4.69, 9.17) is 5.84 Å². The monoisotopic (exact) mass is 261 g/mol. The van der Waals surface area contributed by atoms with Gasteiger partial charge in [0.05, 0.1) is 0 Å². The fourth-order valence-corrected chi connectivity index (χ4v) is 2.37. The number of hydrogen-bond donors (Lipinski definition) is 2. The number of aryl methyl sites for hydroxylation is 1. The quantitative estimate of drug-likeness (QED) is 0.361. The van der Waals surface area contributed by atoms with Crippen LogP contribution < -0.4 is 16.2 Å². The van der Waals surface area contributed by atoms with Crippen LogP contribution in [0.25, 0.3) is 0 Å². The Labute approximate surface area is 112 Å². The molecule has 0 saturated heterocycles. The van der Waals surface area contributed by atoms with Gasteiger partial charge >= 0.3 is 0 Å². The number of nitrogens with one attached hydrogen (secondary N) is 1. The van der Waals surface area contributed by atoms with Crippen molar-refractivity contribution in [2.45, 2.75) is 32.1 Å². The fourth-order valence-electron chi connectivity index (χ4n) is 2.37. The highest BCUT2D eigenvalue weighted by Gasteiger charge is 2.22. The number of amides is 2. The maximum Gasteiger partial charge on any atom is 0.233 e. The largest absolute Gasteiger partial charge is 0.312 e. The molecule has 1 aliphatic heterocycles. The first-order valence-corrected chi connectivity index (χ1v) is 6.60. The van der Waals surface area contributed by atoms with Crippen molar-refractivity contribution in [3.8, 4) is 0 Å². The summed E-state index contributed by atoms with van der Waals surface area (Å²) in [4.78, 5) is 24.8. The molecule has 2 amide bonds. The van der Waals surface area contributed by atoms with E-state index < -0.39 is 0 Å². The third-order valence-electron chi connectivity index (χ3n) is 3.39. The van der Waals surface area contributed by atoms with E-state index in [0.717, 1.165) is 24.9 Å². The Morgan fingerprint density at radius 2 is 2.05 bits per heavy atom. The number of benzene rings is 1. The van der Waals surface area contributed by atoms with E-state index in [1.54, 1.807) is 0 Å². The van der Waals surface area contributed by atoms with Gasteiger partial charge in [0, 0.05) is 25.1 Å². The summed E-state index contributed by atoms with van der Waals surface area (Å²) in [6.07, 6.45) is 3.32. The Kier molecular flexibility index (Phi) is 4.52. The molecular weight excluding hydrogens is 242 g/mol. The first-order chi connectivity index (χ1) is 9.22. The van der Waals surface area contributed by atoms with E-state index in [9.17, 15) is 9.59 Å². The van der Waals surface area contributed by atoms with Crippen LogP contribution in [0.4, 0.5) is 5.69 Å². The second-order valence-corrected chi connectivity index (χ2v) is 4.70. The lowest BCUT2D eigenvalue weighted by Gasteiger charge is -2.29. The van der Waals surface area contributed by atoms with Crippen LogP contribution in [0.5, 0.6) is 0 Å². The van der Waals surface area contributed by atoms with Crippen molar-refractivity contribution in [1.82, 2.24) is 5.43 Å². The fraction of sp³-hybridized carbons (Fsp3) is 0.429. The van der Waals surface area contributed by atoms with E-state index in [2.05, 4.69) is 11.5 Å². The van der Waals surface area contributed by atoms with Gasteiger partial charge in [0.1, 0.15) is 0 Å². The van der Waals surface area contributed by atoms with E-state index in [-0.39, 0.29) is 11.8 Å². The minimum absolute atomic E-state index is 0.162. The van der Waals surface area contributed by atoms with E-state index in [0.29, 0.717) is 19.4 Å². The van der Waals surface area contributed by atoms with Crippen molar-refractivity contribution in [2.24, 2.45) is 5.84 Å². The first kappa shape index (κ1) is 13.5. The zero-order chi connectivity index (χ0) is 13.7. The third-order valence-corrected chi connectivity index (χ3v) is 3.39. The van der Waals surface area contributed by atoms with Gasteiger partial charge in [-0.25, -0.2) is 5.84 Å². The Morgan fingerprint density at radius 3 is 2.84 bits per heavy atom. The summed E-state index contributed by atoms with van der Waals surface area (Å²) in [6.45, 7) is 0.660. The molecular formula is C14H19N3O2. The molecule has 102 valence electrons. The molecule has 0 aliphatic carbocycles. The molecule has 0 radical (unpaired) electrons. The summed E-state index contributed by atoms with van der Waals surface area (Å²) < 4.78 is 0. The molecule has 0 spiro atoms. The maximum absolute atomic E-state index is 12.0. The van der Waals surface area contributed by atoms with Crippen molar-refractivity contribution in [1.29, 1.82) is 0 Å². The van der Waals surface area contributed by atoms with Gasteiger partial charge in [0.25, 0.3) is 0 Å². The average molecular weight is 261 g/mol. The zero-order valence-electron chi connectivity index (χ0n) is 10.9. The van der Waals surface area contributed by atoms with Gasteiger partial charge in [0.15, 0.2) is 0 Å². The van der Waals surface area contributed by atoms with Crippen LogP contribution in [0.1, 0.15) is 31.2 Å². The predicted octanol–water partition coefficient (Wildman–Crippen LogP) is 1.13. The number of carbonyl (C=O) groups excluding carboxylic acids is 2. The zero-order valence-corrected chi connectivity index (χ0v) is 10.9. The van der Waals surface area contributed by atoms with Crippen LogP contribution in [0.2, 0.25) is 0 Å². The number of nitrogens with zero attached hydrogens (tertiary/aromatic N) is 1. The number of fused-ring (bicyclic) bond motifs is 1. The van der Waals surface area contributed by atoms with E-state index in [1.807, 2.05) is 23.1 Å². The summed E-state index contributed by atoms with van der Waals surface area (Å²) in [5.41, 5.74) is 4.35. The lowest BCUT2D eigenvalue weighted by atomic mass is 10.0. The second-order valence-electron chi connectivity index (χ2n) is 4.70. The van der Waals surface area contributed by atoms with Gasteiger partial charge in [-0.1, -0.05) is 18.2 Å². The molecule has 1 aromatic rings.